The molecule has 0 aliphatic carbocycles. The first kappa shape index (κ1) is 14.3. The monoisotopic (exact) mass is 260 g/mol. The van der Waals surface area contributed by atoms with Crippen LogP contribution in [-0.4, -0.2) is 5.12 Å². The molecule has 4 heteroatoms. The molecule has 0 bridgehead atoms. The Bertz CT molecular complexity index is 521. The van der Waals surface area contributed by atoms with Gasteiger partial charge in [0.1, 0.15) is 11.6 Å². The van der Waals surface area contributed by atoms with E-state index in [2.05, 4.69) is 17.9 Å². The molecule has 3 nitrogen and oxygen atoms in total. The second-order valence-electron chi connectivity index (χ2n) is 4.02. The Labute approximate surface area is 113 Å². The summed E-state index contributed by atoms with van der Waals surface area (Å²) in [5, 5.41) is 11.7. The molecule has 1 N–H and O–H groups in total. The highest BCUT2D eigenvalue weighted by molar-refractivity contribution is 7.97. The van der Waals surface area contributed by atoms with Gasteiger partial charge in [-0.25, -0.2) is 0 Å². The number of allylic oxidation sites excluding steroid dienone is 1. The van der Waals surface area contributed by atoms with Gasteiger partial charge >= 0.3 is 0 Å². The van der Waals surface area contributed by atoms with Gasteiger partial charge in [-0.05, 0) is 31.4 Å². The molecule has 0 heterocycles. The number of thiol groups is 1. The van der Waals surface area contributed by atoms with E-state index in [1.807, 2.05) is 45.0 Å². The first-order valence-electron chi connectivity index (χ1n) is 5.71. The predicted octanol–water partition coefficient (Wildman–Crippen LogP) is 3.36. The maximum Gasteiger partial charge on any atom is 0.228 e. The molecule has 1 aromatic rings. The summed E-state index contributed by atoms with van der Waals surface area (Å²) in [6, 6.07) is 7.84. The van der Waals surface area contributed by atoms with Gasteiger partial charge in [0.15, 0.2) is 0 Å². The van der Waals surface area contributed by atoms with E-state index >= 15 is 0 Å². The third-order valence-electron chi connectivity index (χ3n) is 2.74. The molecule has 0 unspecified atom stereocenters. The van der Waals surface area contributed by atoms with Crippen molar-refractivity contribution >= 4 is 23.4 Å². The summed E-state index contributed by atoms with van der Waals surface area (Å²) >= 11 is 3.73. The molecule has 0 spiro atoms. The second-order valence-corrected chi connectivity index (χ2v) is 4.42. The highest BCUT2D eigenvalue weighted by Crippen LogP contribution is 2.23. The molecular weight excluding hydrogens is 244 g/mol. The number of hydrogen-bond acceptors (Lipinski definition) is 3. The predicted molar refractivity (Wildman–Crippen MR) is 76.5 cm³/mol. The summed E-state index contributed by atoms with van der Waals surface area (Å²) in [5.41, 5.74) is 3.77. The third-order valence-corrected chi connectivity index (χ3v) is 2.96. The molecule has 94 valence electrons. The molecule has 1 aromatic carbocycles. The minimum atomic E-state index is -0.506. The van der Waals surface area contributed by atoms with E-state index in [4.69, 9.17) is 5.26 Å². The lowest BCUT2D eigenvalue weighted by Crippen LogP contribution is -2.08. The van der Waals surface area contributed by atoms with E-state index in [1.54, 1.807) is 0 Å². The zero-order valence-electron chi connectivity index (χ0n) is 10.7. The lowest BCUT2D eigenvalue weighted by atomic mass is 10.1. The smallest absolute Gasteiger partial charge is 0.228 e. The van der Waals surface area contributed by atoms with Crippen molar-refractivity contribution < 1.29 is 4.79 Å². The quantitative estimate of drug-likeness (QED) is 0.496. The van der Waals surface area contributed by atoms with Crippen LogP contribution in [0.15, 0.2) is 29.5 Å². The van der Waals surface area contributed by atoms with Gasteiger partial charge in [-0.3, -0.25) is 4.79 Å². The highest BCUT2D eigenvalue weighted by Gasteiger charge is 2.12. The molecule has 0 fully saturated rings. The number of rotatable bonds is 4. The van der Waals surface area contributed by atoms with Crippen LogP contribution in [-0.2, 0) is 4.79 Å². The normalized spacial score (nSPS) is 11.5. The average molecular weight is 260 g/mol. The standard InChI is InChI=1S/C14H16N2OS/c1-4-12(11(8-15)14(17)18)16-13-9(2)6-5-7-10(13)3/h5-7,16H,4H2,1-3H3,(H,17,18). The fourth-order valence-corrected chi connectivity index (χ4v) is 1.92. The van der Waals surface area contributed by atoms with E-state index in [9.17, 15) is 4.79 Å². The number of anilines is 1. The van der Waals surface area contributed by atoms with Gasteiger partial charge in [0.05, 0.1) is 0 Å². The summed E-state index contributed by atoms with van der Waals surface area (Å²) in [6.07, 6.45) is 0.572. The number of nitriles is 1. The number of para-hydroxylation sites is 1. The summed E-state index contributed by atoms with van der Waals surface area (Å²) in [6.45, 7) is 5.86. The number of hydrogen-bond donors (Lipinski definition) is 2. The first-order valence-corrected chi connectivity index (χ1v) is 6.15. The van der Waals surface area contributed by atoms with E-state index in [0.29, 0.717) is 12.1 Å². The van der Waals surface area contributed by atoms with Crippen molar-refractivity contribution in [2.45, 2.75) is 27.2 Å². The molecule has 0 saturated heterocycles. The Morgan fingerprint density at radius 2 is 1.94 bits per heavy atom. The molecule has 0 aliphatic heterocycles. The molecule has 0 aromatic heterocycles. The molecule has 0 atom stereocenters. The van der Waals surface area contributed by atoms with Gasteiger partial charge in [0.2, 0.25) is 5.12 Å². The summed E-state index contributed by atoms with van der Waals surface area (Å²) in [5.74, 6) is 0. The van der Waals surface area contributed by atoms with Crippen molar-refractivity contribution in [3.63, 3.8) is 0 Å². The molecule has 0 aliphatic rings. The van der Waals surface area contributed by atoms with Crippen molar-refractivity contribution in [2.75, 3.05) is 5.32 Å². The molecule has 0 amide bonds. The summed E-state index contributed by atoms with van der Waals surface area (Å²) in [4.78, 5) is 11.3. The van der Waals surface area contributed by atoms with E-state index in [0.717, 1.165) is 16.8 Å². The van der Waals surface area contributed by atoms with Crippen LogP contribution in [0.1, 0.15) is 24.5 Å². The molecule has 0 saturated carbocycles. The van der Waals surface area contributed by atoms with Crippen molar-refractivity contribution in [3.8, 4) is 6.07 Å². The molecular formula is C14H16N2OS. The van der Waals surface area contributed by atoms with Crippen LogP contribution < -0.4 is 5.32 Å². The van der Waals surface area contributed by atoms with Crippen molar-refractivity contribution in [1.82, 2.24) is 0 Å². The number of benzene rings is 1. The Kier molecular flexibility index (Phi) is 4.99. The van der Waals surface area contributed by atoms with Crippen LogP contribution in [0.2, 0.25) is 0 Å². The summed E-state index contributed by atoms with van der Waals surface area (Å²) in [7, 11) is 0. The Hall–Kier alpha value is -1.73. The molecule has 0 radical (unpaired) electrons. The minimum Gasteiger partial charge on any atom is -0.357 e. The van der Waals surface area contributed by atoms with Crippen LogP contribution in [0.25, 0.3) is 0 Å². The SMILES string of the molecule is CCC(Nc1c(C)cccc1C)=C(C#N)C(=O)S. The maximum atomic E-state index is 11.3. The van der Waals surface area contributed by atoms with Crippen molar-refractivity contribution in [1.29, 1.82) is 5.26 Å². The van der Waals surface area contributed by atoms with Gasteiger partial charge in [0, 0.05) is 11.4 Å². The van der Waals surface area contributed by atoms with Gasteiger partial charge in [-0.15, -0.1) is 0 Å². The molecule has 1 rings (SSSR count). The number of aryl methyl sites for hydroxylation is 2. The van der Waals surface area contributed by atoms with Crippen LogP contribution in [0.5, 0.6) is 0 Å². The fourth-order valence-electron chi connectivity index (χ4n) is 1.73. The Morgan fingerprint density at radius 3 is 2.33 bits per heavy atom. The van der Waals surface area contributed by atoms with Crippen LogP contribution in [0.3, 0.4) is 0 Å². The zero-order chi connectivity index (χ0) is 13.7. The fraction of sp³-hybridized carbons (Fsp3) is 0.286. The third kappa shape index (κ3) is 3.14. The van der Waals surface area contributed by atoms with Crippen LogP contribution in [0.4, 0.5) is 5.69 Å². The number of nitrogens with one attached hydrogen (secondary N) is 1. The number of carbonyl (C=O) groups excluding carboxylic acids is 1. The van der Waals surface area contributed by atoms with Crippen LogP contribution in [0, 0.1) is 25.2 Å². The van der Waals surface area contributed by atoms with Crippen molar-refractivity contribution in [3.05, 3.63) is 40.6 Å². The average Bonchev–Trinajstić information content (AvgIpc) is 2.32. The van der Waals surface area contributed by atoms with E-state index < -0.39 is 5.12 Å². The van der Waals surface area contributed by atoms with Gasteiger partial charge in [-0.2, -0.15) is 5.26 Å². The topological polar surface area (TPSA) is 52.9 Å². The molecule has 18 heavy (non-hydrogen) atoms. The lowest BCUT2D eigenvalue weighted by Gasteiger charge is -2.15. The number of carbonyl (C=O) groups is 1. The van der Waals surface area contributed by atoms with E-state index in [-0.39, 0.29) is 5.57 Å². The number of nitrogens with zero attached hydrogens (tertiary/aromatic N) is 1. The van der Waals surface area contributed by atoms with Crippen molar-refractivity contribution in [2.24, 2.45) is 0 Å². The minimum absolute atomic E-state index is 0.0727. The largest absolute Gasteiger partial charge is 0.357 e. The highest BCUT2D eigenvalue weighted by atomic mass is 32.1. The Morgan fingerprint density at radius 1 is 1.39 bits per heavy atom. The van der Waals surface area contributed by atoms with Crippen LogP contribution >= 0.6 is 12.6 Å². The van der Waals surface area contributed by atoms with E-state index in [1.165, 1.54) is 0 Å². The van der Waals surface area contributed by atoms with Gasteiger partial charge in [0.25, 0.3) is 0 Å². The maximum absolute atomic E-state index is 11.3. The van der Waals surface area contributed by atoms with Gasteiger partial charge in [-0.1, -0.05) is 37.8 Å². The lowest BCUT2D eigenvalue weighted by molar-refractivity contribution is -0.107. The summed E-state index contributed by atoms with van der Waals surface area (Å²) < 4.78 is 0. The second kappa shape index (κ2) is 6.27. The zero-order valence-corrected chi connectivity index (χ0v) is 11.6. The van der Waals surface area contributed by atoms with Gasteiger partial charge < -0.3 is 5.32 Å². The first-order chi connectivity index (χ1) is 8.51. The Balaban J connectivity index is 3.23.